The minimum atomic E-state index is -0.541. The molecule has 2 heterocycles. The third kappa shape index (κ3) is 1.05. The summed E-state index contributed by atoms with van der Waals surface area (Å²) in [4.78, 5) is 21.8. The smallest absolute Gasteiger partial charge is 0.244 e. The largest absolute Gasteiger partial charge is 0.368 e. The van der Waals surface area contributed by atoms with Crippen molar-refractivity contribution in [2.45, 2.75) is 0 Å². The quantitative estimate of drug-likeness (QED) is 0.638. The number of halogens is 2. The Labute approximate surface area is 80.1 Å². The number of carbonyl (C=O) groups excluding carboxylic acids is 1. The standard InChI is InChI=1S/C6HBrClN3O/c7-2-1-9-5(8)4-3(2)10-6(12)11-4/h1H. The molecule has 12 heavy (non-hydrogen) atoms. The first kappa shape index (κ1) is 7.82. The van der Waals surface area contributed by atoms with Crippen LogP contribution in [0.3, 0.4) is 0 Å². The van der Waals surface area contributed by atoms with E-state index in [-0.39, 0.29) is 5.15 Å². The summed E-state index contributed by atoms with van der Waals surface area (Å²) in [7, 11) is 0. The van der Waals surface area contributed by atoms with Crippen molar-refractivity contribution in [3.63, 3.8) is 0 Å². The van der Waals surface area contributed by atoms with Gasteiger partial charge in [-0.2, -0.15) is 9.98 Å². The van der Waals surface area contributed by atoms with Crippen LogP contribution in [0.1, 0.15) is 0 Å². The van der Waals surface area contributed by atoms with Gasteiger partial charge in [-0.25, -0.2) is 9.78 Å². The number of fused-ring (bicyclic) bond motifs is 1. The molecule has 0 spiro atoms. The molecule has 0 unspecified atom stereocenters. The zero-order chi connectivity index (χ0) is 8.72. The van der Waals surface area contributed by atoms with Crippen molar-refractivity contribution < 1.29 is 4.79 Å². The molecule has 0 saturated heterocycles. The predicted molar refractivity (Wildman–Crippen MR) is 44.7 cm³/mol. The number of hydrogen-bond donors (Lipinski definition) is 0. The predicted octanol–water partition coefficient (Wildman–Crippen LogP) is 0.870. The molecule has 1 aliphatic heterocycles. The van der Waals surface area contributed by atoms with Gasteiger partial charge in [0.1, 0.15) is 10.7 Å². The molecule has 1 aromatic rings. The van der Waals surface area contributed by atoms with Gasteiger partial charge in [-0.1, -0.05) is 11.6 Å². The monoisotopic (exact) mass is 245 g/mol. The topological polar surface area (TPSA) is 54.7 Å². The maximum absolute atomic E-state index is 10.8. The van der Waals surface area contributed by atoms with E-state index in [4.69, 9.17) is 11.6 Å². The Morgan fingerprint density at radius 3 is 2.67 bits per heavy atom. The Kier molecular flexibility index (Phi) is 1.69. The summed E-state index contributed by atoms with van der Waals surface area (Å²) >= 11 is 8.85. The molecule has 1 aliphatic rings. The molecular weight excluding hydrogens is 245 g/mol. The van der Waals surface area contributed by atoms with E-state index in [1.807, 2.05) is 0 Å². The lowest BCUT2D eigenvalue weighted by atomic mass is 10.4. The highest BCUT2D eigenvalue weighted by Crippen LogP contribution is 2.03. The lowest BCUT2D eigenvalue weighted by molar-refractivity contribution is 0.256. The lowest BCUT2D eigenvalue weighted by Crippen LogP contribution is -2.25. The molecule has 2 amide bonds. The molecule has 0 bridgehead atoms. The van der Waals surface area contributed by atoms with Crippen molar-refractivity contribution in [2.75, 3.05) is 0 Å². The van der Waals surface area contributed by atoms with Gasteiger partial charge >= 0.3 is 6.03 Å². The zero-order valence-electron chi connectivity index (χ0n) is 5.58. The van der Waals surface area contributed by atoms with E-state index in [2.05, 4.69) is 30.9 Å². The van der Waals surface area contributed by atoms with Crippen LogP contribution in [-0.4, -0.2) is 11.0 Å². The minimum Gasteiger partial charge on any atom is -0.244 e. The van der Waals surface area contributed by atoms with Crippen LogP contribution in [-0.2, 0) is 0 Å². The van der Waals surface area contributed by atoms with Crippen molar-refractivity contribution in [1.82, 2.24) is 4.98 Å². The van der Waals surface area contributed by atoms with Gasteiger partial charge < -0.3 is 0 Å². The number of rotatable bonds is 0. The highest BCUT2D eigenvalue weighted by atomic mass is 79.9. The van der Waals surface area contributed by atoms with Crippen LogP contribution in [0.5, 0.6) is 0 Å². The first-order chi connectivity index (χ1) is 5.68. The highest BCUT2D eigenvalue weighted by molar-refractivity contribution is 9.10. The summed E-state index contributed by atoms with van der Waals surface area (Å²) in [6.45, 7) is 0. The third-order valence-corrected chi connectivity index (χ3v) is 2.21. The summed E-state index contributed by atoms with van der Waals surface area (Å²) < 4.78 is 0.622. The minimum absolute atomic E-state index is 0.197. The van der Waals surface area contributed by atoms with Crippen molar-refractivity contribution in [3.05, 3.63) is 26.5 Å². The Balaban J connectivity index is 3.00. The number of hydrogen-bond acceptors (Lipinski definition) is 2. The molecule has 0 radical (unpaired) electrons. The Hall–Kier alpha value is -0.810. The average Bonchev–Trinajstić information content (AvgIpc) is 2.41. The van der Waals surface area contributed by atoms with Crippen LogP contribution in [0.25, 0.3) is 0 Å². The number of pyridine rings is 1. The molecule has 6 heteroatoms. The second-order valence-electron chi connectivity index (χ2n) is 2.10. The van der Waals surface area contributed by atoms with Crippen LogP contribution in [0, 0.1) is 0 Å². The number of nitrogens with zero attached hydrogens (tertiary/aromatic N) is 3. The molecule has 2 rings (SSSR count). The molecular formula is C6HBrClN3O. The molecule has 0 aliphatic carbocycles. The second-order valence-corrected chi connectivity index (χ2v) is 3.31. The fourth-order valence-electron chi connectivity index (χ4n) is 0.868. The SMILES string of the molecule is O=C1N=c2c(Br)cnc(Cl)c2=N1. The number of aromatic nitrogens is 1. The van der Waals surface area contributed by atoms with E-state index in [9.17, 15) is 4.79 Å². The normalized spacial score (nSPS) is 13.7. The summed E-state index contributed by atoms with van der Waals surface area (Å²) in [6.07, 6.45) is 1.48. The Morgan fingerprint density at radius 1 is 1.33 bits per heavy atom. The van der Waals surface area contributed by atoms with Gasteiger partial charge in [-0.3, -0.25) is 0 Å². The van der Waals surface area contributed by atoms with Crippen LogP contribution < -0.4 is 10.7 Å². The van der Waals surface area contributed by atoms with Crippen LogP contribution in [0.4, 0.5) is 4.79 Å². The van der Waals surface area contributed by atoms with Gasteiger partial charge in [-0.05, 0) is 15.9 Å². The first-order valence-electron chi connectivity index (χ1n) is 3.00. The van der Waals surface area contributed by atoms with E-state index in [0.29, 0.717) is 15.2 Å². The van der Waals surface area contributed by atoms with Gasteiger partial charge in [-0.15, -0.1) is 0 Å². The van der Waals surface area contributed by atoms with Gasteiger partial charge in [0, 0.05) is 6.20 Å². The van der Waals surface area contributed by atoms with Crippen molar-refractivity contribution in [3.8, 4) is 0 Å². The fourth-order valence-corrected chi connectivity index (χ4v) is 1.43. The number of urea groups is 1. The van der Waals surface area contributed by atoms with Crippen molar-refractivity contribution in [2.24, 2.45) is 9.98 Å². The van der Waals surface area contributed by atoms with E-state index in [1.165, 1.54) is 6.20 Å². The average molecular weight is 246 g/mol. The van der Waals surface area contributed by atoms with Gasteiger partial charge in [0.05, 0.1) is 4.47 Å². The lowest BCUT2D eigenvalue weighted by Gasteiger charge is -1.88. The fraction of sp³-hybridized carbons (Fsp3) is 0. The van der Waals surface area contributed by atoms with E-state index >= 15 is 0 Å². The second kappa shape index (κ2) is 2.60. The summed E-state index contributed by atoms with van der Waals surface area (Å²) in [5.41, 5.74) is 0. The summed E-state index contributed by atoms with van der Waals surface area (Å²) in [5.74, 6) is 0. The Bertz CT molecular complexity index is 441. The van der Waals surface area contributed by atoms with Gasteiger partial charge in [0.25, 0.3) is 0 Å². The molecule has 4 nitrogen and oxygen atoms in total. The summed E-state index contributed by atoms with van der Waals surface area (Å²) in [6, 6.07) is -0.541. The number of amides is 2. The Morgan fingerprint density at radius 2 is 2.00 bits per heavy atom. The molecule has 0 saturated carbocycles. The maximum atomic E-state index is 10.8. The van der Waals surface area contributed by atoms with Gasteiger partial charge in [0.2, 0.25) is 0 Å². The van der Waals surface area contributed by atoms with E-state index in [0.717, 1.165) is 0 Å². The molecule has 0 atom stereocenters. The maximum Gasteiger partial charge on any atom is 0.368 e. The third-order valence-electron chi connectivity index (χ3n) is 1.35. The molecule has 0 fully saturated rings. The van der Waals surface area contributed by atoms with Crippen LogP contribution in [0.15, 0.2) is 20.7 Å². The van der Waals surface area contributed by atoms with E-state index < -0.39 is 6.03 Å². The highest BCUT2D eigenvalue weighted by Gasteiger charge is 2.11. The van der Waals surface area contributed by atoms with Crippen molar-refractivity contribution in [1.29, 1.82) is 0 Å². The van der Waals surface area contributed by atoms with Crippen LogP contribution >= 0.6 is 27.5 Å². The molecule has 1 aromatic heterocycles. The van der Waals surface area contributed by atoms with Crippen molar-refractivity contribution >= 4 is 33.6 Å². The summed E-state index contributed by atoms with van der Waals surface area (Å²) in [5, 5.41) is 0.999. The first-order valence-corrected chi connectivity index (χ1v) is 4.17. The molecule has 0 aromatic carbocycles. The number of carbonyl (C=O) groups is 1. The molecule has 0 N–H and O–H groups in total. The van der Waals surface area contributed by atoms with Crippen LogP contribution in [0.2, 0.25) is 5.15 Å². The van der Waals surface area contributed by atoms with Gasteiger partial charge in [0.15, 0.2) is 5.15 Å². The molecule has 60 valence electrons. The van der Waals surface area contributed by atoms with E-state index in [1.54, 1.807) is 0 Å². The zero-order valence-corrected chi connectivity index (χ0v) is 7.93.